The van der Waals surface area contributed by atoms with Crippen LogP contribution in [0, 0.1) is 5.92 Å². The van der Waals surface area contributed by atoms with Crippen LogP contribution in [0.3, 0.4) is 0 Å². The number of imidazole rings is 1. The highest BCUT2D eigenvalue weighted by Crippen LogP contribution is 2.24. The summed E-state index contributed by atoms with van der Waals surface area (Å²) < 4.78 is 1.97. The molecule has 6 nitrogen and oxygen atoms in total. The molecular formula is C22H24N4O2. The van der Waals surface area contributed by atoms with Crippen LogP contribution in [-0.2, 0) is 9.59 Å². The molecule has 2 aromatic heterocycles. The fourth-order valence-electron chi connectivity index (χ4n) is 3.68. The average molecular weight is 376 g/mol. The van der Waals surface area contributed by atoms with Gasteiger partial charge in [0.05, 0.1) is 12.2 Å². The first-order valence-electron chi connectivity index (χ1n) is 9.81. The number of aromatic nitrogens is 2. The highest BCUT2D eigenvalue weighted by Gasteiger charge is 2.21. The van der Waals surface area contributed by atoms with Gasteiger partial charge in [-0.05, 0) is 37.1 Å². The van der Waals surface area contributed by atoms with Crippen molar-refractivity contribution in [3.05, 3.63) is 54.9 Å². The average Bonchev–Trinajstić information content (AvgIpc) is 3.17. The molecule has 28 heavy (non-hydrogen) atoms. The zero-order chi connectivity index (χ0) is 19.3. The van der Waals surface area contributed by atoms with Gasteiger partial charge in [-0.1, -0.05) is 37.5 Å². The summed E-state index contributed by atoms with van der Waals surface area (Å²) >= 11 is 0. The van der Waals surface area contributed by atoms with Gasteiger partial charge in [-0.15, -0.1) is 0 Å². The lowest BCUT2D eigenvalue weighted by molar-refractivity contribution is -0.128. The third-order valence-electron chi connectivity index (χ3n) is 5.23. The van der Waals surface area contributed by atoms with E-state index in [4.69, 9.17) is 0 Å². The fourth-order valence-corrected chi connectivity index (χ4v) is 3.68. The number of anilines is 1. The SMILES string of the molecule is O=C(CNC(=O)C1CCCCC1)Nc1ccc(-c2cn3ccccc3n2)cc1. The molecule has 4 rings (SSSR count). The standard InChI is InChI=1S/C22H24N4O2/c27-21(14-23-22(28)17-6-2-1-3-7-17)24-18-11-9-16(10-12-18)19-15-26-13-5-4-8-20(26)25-19/h4-5,8-13,15,17H,1-3,6-7,14H2,(H,23,28)(H,24,27). The largest absolute Gasteiger partial charge is 0.347 e. The molecule has 0 unspecified atom stereocenters. The van der Waals surface area contributed by atoms with Crippen molar-refractivity contribution in [3.63, 3.8) is 0 Å². The van der Waals surface area contributed by atoms with Gasteiger partial charge >= 0.3 is 0 Å². The monoisotopic (exact) mass is 376 g/mol. The summed E-state index contributed by atoms with van der Waals surface area (Å²) in [5.41, 5.74) is 3.45. The number of carbonyl (C=O) groups is 2. The topological polar surface area (TPSA) is 75.5 Å². The van der Waals surface area contributed by atoms with Crippen LogP contribution in [0.2, 0.25) is 0 Å². The molecule has 0 radical (unpaired) electrons. The minimum Gasteiger partial charge on any atom is -0.347 e. The number of carbonyl (C=O) groups excluding carboxylic acids is 2. The Morgan fingerprint density at radius 3 is 2.57 bits per heavy atom. The minimum atomic E-state index is -0.218. The van der Waals surface area contributed by atoms with Gasteiger partial charge in [0, 0.05) is 29.6 Å². The molecule has 1 saturated carbocycles. The maximum Gasteiger partial charge on any atom is 0.243 e. The van der Waals surface area contributed by atoms with Crippen molar-refractivity contribution >= 4 is 23.1 Å². The molecule has 0 bridgehead atoms. The molecule has 2 heterocycles. The zero-order valence-corrected chi connectivity index (χ0v) is 15.7. The van der Waals surface area contributed by atoms with Crippen molar-refractivity contribution in [2.24, 2.45) is 5.92 Å². The van der Waals surface area contributed by atoms with Crippen molar-refractivity contribution in [3.8, 4) is 11.3 Å². The number of amides is 2. The van der Waals surface area contributed by atoms with Crippen molar-refractivity contribution in [1.29, 1.82) is 0 Å². The van der Waals surface area contributed by atoms with Gasteiger partial charge in [-0.25, -0.2) is 4.98 Å². The highest BCUT2D eigenvalue weighted by atomic mass is 16.2. The lowest BCUT2D eigenvalue weighted by Crippen LogP contribution is -2.37. The molecule has 2 N–H and O–H groups in total. The number of hydrogen-bond donors (Lipinski definition) is 2. The van der Waals surface area contributed by atoms with E-state index in [0.29, 0.717) is 5.69 Å². The van der Waals surface area contributed by atoms with E-state index in [1.807, 2.05) is 59.3 Å². The first-order chi connectivity index (χ1) is 13.7. The van der Waals surface area contributed by atoms with Crippen LogP contribution < -0.4 is 10.6 Å². The summed E-state index contributed by atoms with van der Waals surface area (Å²) in [4.78, 5) is 28.9. The van der Waals surface area contributed by atoms with Crippen LogP contribution in [0.4, 0.5) is 5.69 Å². The second kappa shape index (κ2) is 8.25. The molecule has 1 aliphatic carbocycles. The van der Waals surface area contributed by atoms with E-state index in [1.165, 1.54) is 6.42 Å². The maximum absolute atomic E-state index is 12.1. The molecule has 0 atom stereocenters. The lowest BCUT2D eigenvalue weighted by atomic mass is 9.89. The quantitative estimate of drug-likeness (QED) is 0.714. The number of benzene rings is 1. The highest BCUT2D eigenvalue weighted by molar-refractivity contribution is 5.95. The minimum absolute atomic E-state index is 0.00273. The number of hydrogen-bond acceptors (Lipinski definition) is 3. The summed E-state index contributed by atoms with van der Waals surface area (Å²) in [6.07, 6.45) is 9.20. The Balaban J connectivity index is 1.32. The normalized spacial score (nSPS) is 14.7. The molecule has 0 aliphatic heterocycles. The van der Waals surface area contributed by atoms with E-state index in [2.05, 4.69) is 15.6 Å². The number of pyridine rings is 1. The third kappa shape index (κ3) is 4.22. The Hall–Kier alpha value is -3.15. The molecule has 0 saturated heterocycles. The number of nitrogens with one attached hydrogen (secondary N) is 2. The third-order valence-corrected chi connectivity index (χ3v) is 5.23. The lowest BCUT2D eigenvalue weighted by Gasteiger charge is -2.20. The van der Waals surface area contributed by atoms with Gasteiger partial charge in [0.25, 0.3) is 0 Å². The van der Waals surface area contributed by atoms with Gasteiger partial charge in [-0.2, -0.15) is 0 Å². The van der Waals surface area contributed by atoms with Crippen LogP contribution in [-0.4, -0.2) is 27.7 Å². The number of nitrogens with zero attached hydrogens (tertiary/aromatic N) is 2. The van der Waals surface area contributed by atoms with E-state index >= 15 is 0 Å². The molecule has 3 aromatic rings. The van der Waals surface area contributed by atoms with Crippen LogP contribution in [0.25, 0.3) is 16.9 Å². The molecule has 0 spiro atoms. The van der Waals surface area contributed by atoms with Gasteiger partial charge in [0.1, 0.15) is 5.65 Å². The summed E-state index contributed by atoms with van der Waals surface area (Å²) in [5, 5.41) is 5.59. The van der Waals surface area contributed by atoms with E-state index in [1.54, 1.807) is 0 Å². The van der Waals surface area contributed by atoms with E-state index in [9.17, 15) is 9.59 Å². The van der Waals surface area contributed by atoms with Crippen LogP contribution in [0.15, 0.2) is 54.9 Å². The Morgan fingerprint density at radius 2 is 1.82 bits per heavy atom. The van der Waals surface area contributed by atoms with Crippen molar-refractivity contribution in [1.82, 2.24) is 14.7 Å². The molecule has 1 aromatic carbocycles. The molecule has 6 heteroatoms. The predicted molar refractivity (Wildman–Crippen MR) is 109 cm³/mol. The zero-order valence-electron chi connectivity index (χ0n) is 15.7. The van der Waals surface area contributed by atoms with Gasteiger partial charge in [0.15, 0.2) is 0 Å². The summed E-state index contributed by atoms with van der Waals surface area (Å²) in [7, 11) is 0. The Bertz CT molecular complexity index is 939. The Morgan fingerprint density at radius 1 is 1.04 bits per heavy atom. The maximum atomic E-state index is 12.1. The first-order valence-corrected chi connectivity index (χ1v) is 9.81. The number of rotatable bonds is 5. The van der Waals surface area contributed by atoms with Gasteiger partial charge in [-0.3, -0.25) is 9.59 Å². The second-order valence-corrected chi connectivity index (χ2v) is 7.27. The molecule has 1 fully saturated rings. The van der Waals surface area contributed by atoms with Crippen molar-refractivity contribution in [2.45, 2.75) is 32.1 Å². The van der Waals surface area contributed by atoms with E-state index in [0.717, 1.165) is 42.6 Å². The van der Waals surface area contributed by atoms with Gasteiger partial charge < -0.3 is 15.0 Å². The molecule has 1 aliphatic rings. The molecule has 2 amide bonds. The smallest absolute Gasteiger partial charge is 0.243 e. The van der Waals surface area contributed by atoms with Gasteiger partial charge in [0.2, 0.25) is 11.8 Å². The first kappa shape index (κ1) is 18.2. The fraction of sp³-hybridized carbons (Fsp3) is 0.318. The van der Waals surface area contributed by atoms with Crippen LogP contribution in [0.5, 0.6) is 0 Å². The Labute approximate surface area is 164 Å². The van der Waals surface area contributed by atoms with Crippen LogP contribution in [0.1, 0.15) is 32.1 Å². The Kier molecular flexibility index (Phi) is 5.37. The molecular weight excluding hydrogens is 352 g/mol. The summed E-state index contributed by atoms with van der Waals surface area (Å²) in [6.45, 7) is 0.00349. The summed E-state index contributed by atoms with van der Waals surface area (Å²) in [6, 6.07) is 13.4. The van der Waals surface area contributed by atoms with Crippen molar-refractivity contribution in [2.75, 3.05) is 11.9 Å². The van der Waals surface area contributed by atoms with Crippen molar-refractivity contribution < 1.29 is 9.59 Å². The predicted octanol–water partition coefficient (Wildman–Crippen LogP) is 3.64. The molecule has 144 valence electrons. The number of fused-ring (bicyclic) bond motifs is 1. The van der Waals surface area contributed by atoms with E-state index < -0.39 is 0 Å². The van der Waals surface area contributed by atoms with E-state index in [-0.39, 0.29) is 24.3 Å². The summed E-state index contributed by atoms with van der Waals surface area (Å²) in [5.74, 6) is -0.159. The van der Waals surface area contributed by atoms with Crippen LogP contribution >= 0.6 is 0 Å². The second-order valence-electron chi connectivity index (χ2n) is 7.27.